The summed E-state index contributed by atoms with van der Waals surface area (Å²) in [5.41, 5.74) is 12.6. The van der Waals surface area contributed by atoms with Crippen LogP contribution < -0.4 is 16.8 Å². The van der Waals surface area contributed by atoms with Crippen molar-refractivity contribution in [2.45, 2.75) is 37.4 Å². The van der Waals surface area contributed by atoms with Gasteiger partial charge >= 0.3 is 6.18 Å². The Balaban J connectivity index is 1.57. The number of anilines is 2. The summed E-state index contributed by atoms with van der Waals surface area (Å²) in [7, 11) is 0. The highest BCUT2D eigenvalue weighted by Crippen LogP contribution is 2.35. The van der Waals surface area contributed by atoms with Crippen LogP contribution in [0.4, 0.5) is 24.9 Å². The third kappa shape index (κ3) is 4.39. The topological polar surface area (TPSA) is 89.8 Å². The van der Waals surface area contributed by atoms with Crippen molar-refractivity contribution in [3.05, 3.63) is 47.2 Å². The van der Waals surface area contributed by atoms with Gasteiger partial charge in [-0.15, -0.1) is 0 Å². The van der Waals surface area contributed by atoms with E-state index in [9.17, 15) is 13.2 Å². The number of rotatable bonds is 5. The molecule has 1 aliphatic carbocycles. The molecule has 1 aromatic carbocycles. The van der Waals surface area contributed by atoms with Gasteiger partial charge in [0, 0.05) is 24.6 Å². The van der Waals surface area contributed by atoms with Gasteiger partial charge in [0.15, 0.2) is 0 Å². The second kappa shape index (κ2) is 6.87. The molecule has 1 fully saturated rings. The number of nitrogens with two attached hydrogens (primary N) is 2. The number of benzene rings is 1. The summed E-state index contributed by atoms with van der Waals surface area (Å²) in [4.78, 5) is 8.40. The highest BCUT2D eigenvalue weighted by molar-refractivity contribution is 5.42. The number of nitrogens with one attached hydrogen (secondary N) is 1. The van der Waals surface area contributed by atoms with Gasteiger partial charge in [0.25, 0.3) is 0 Å². The van der Waals surface area contributed by atoms with E-state index in [1.165, 1.54) is 12.1 Å². The van der Waals surface area contributed by atoms with Crippen molar-refractivity contribution in [1.82, 2.24) is 9.97 Å². The molecule has 3 rings (SSSR count). The summed E-state index contributed by atoms with van der Waals surface area (Å²) >= 11 is 0. The van der Waals surface area contributed by atoms with Crippen LogP contribution in [0, 0.1) is 0 Å². The summed E-state index contributed by atoms with van der Waals surface area (Å²) in [6, 6.07) is 7.24. The van der Waals surface area contributed by atoms with Gasteiger partial charge in [-0.1, -0.05) is 12.1 Å². The van der Waals surface area contributed by atoms with E-state index in [1.54, 1.807) is 0 Å². The number of hydrogen-bond donors (Lipinski definition) is 3. The van der Waals surface area contributed by atoms with Crippen molar-refractivity contribution in [2.75, 3.05) is 17.6 Å². The molecule has 134 valence electrons. The Morgan fingerprint density at radius 1 is 1.12 bits per heavy atom. The molecule has 0 amide bonds. The molecule has 0 aliphatic heterocycles. The molecule has 25 heavy (non-hydrogen) atoms. The SMILES string of the molecule is Nc1nc(NCCc2ccc(C(F)(F)F)cc2)cc(C2CC(N)C2)n1. The van der Waals surface area contributed by atoms with E-state index < -0.39 is 11.7 Å². The van der Waals surface area contributed by atoms with Crippen molar-refractivity contribution in [1.29, 1.82) is 0 Å². The van der Waals surface area contributed by atoms with Crippen LogP contribution in [0.3, 0.4) is 0 Å². The molecule has 1 saturated carbocycles. The largest absolute Gasteiger partial charge is 0.416 e. The lowest BCUT2D eigenvalue weighted by Crippen LogP contribution is -2.35. The first-order chi connectivity index (χ1) is 11.8. The maximum atomic E-state index is 12.5. The van der Waals surface area contributed by atoms with Crippen LogP contribution in [-0.2, 0) is 12.6 Å². The highest BCUT2D eigenvalue weighted by Gasteiger charge is 2.30. The zero-order valence-corrected chi connectivity index (χ0v) is 13.6. The summed E-state index contributed by atoms with van der Waals surface area (Å²) in [5.74, 6) is 1.14. The Labute approximate surface area is 143 Å². The summed E-state index contributed by atoms with van der Waals surface area (Å²) in [5, 5.41) is 3.15. The fourth-order valence-corrected chi connectivity index (χ4v) is 2.88. The van der Waals surface area contributed by atoms with Gasteiger partial charge in [0.2, 0.25) is 5.95 Å². The van der Waals surface area contributed by atoms with Gasteiger partial charge in [0.1, 0.15) is 5.82 Å². The molecule has 0 radical (unpaired) electrons. The fraction of sp³-hybridized carbons (Fsp3) is 0.412. The highest BCUT2D eigenvalue weighted by atomic mass is 19.4. The molecule has 1 aromatic heterocycles. The quantitative estimate of drug-likeness (QED) is 0.771. The minimum Gasteiger partial charge on any atom is -0.370 e. The van der Waals surface area contributed by atoms with E-state index in [-0.39, 0.29) is 12.0 Å². The Morgan fingerprint density at radius 3 is 2.40 bits per heavy atom. The fourth-order valence-electron chi connectivity index (χ4n) is 2.88. The predicted octanol–water partition coefficient (Wildman–Crippen LogP) is 2.94. The summed E-state index contributed by atoms with van der Waals surface area (Å²) < 4.78 is 37.6. The van der Waals surface area contributed by atoms with Gasteiger partial charge in [-0.05, 0) is 37.0 Å². The number of nitrogens with zero attached hydrogens (tertiary/aromatic N) is 2. The molecule has 5 N–H and O–H groups in total. The lowest BCUT2D eigenvalue weighted by atomic mass is 9.78. The van der Waals surface area contributed by atoms with Gasteiger partial charge in [-0.3, -0.25) is 0 Å². The van der Waals surface area contributed by atoms with E-state index in [4.69, 9.17) is 11.5 Å². The van der Waals surface area contributed by atoms with Crippen LogP contribution in [0.5, 0.6) is 0 Å². The first kappa shape index (κ1) is 17.5. The van der Waals surface area contributed by atoms with E-state index in [1.807, 2.05) is 6.07 Å². The van der Waals surface area contributed by atoms with E-state index >= 15 is 0 Å². The van der Waals surface area contributed by atoms with E-state index in [2.05, 4.69) is 15.3 Å². The molecule has 0 bridgehead atoms. The molecular weight excluding hydrogens is 331 g/mol. The number of nitrogen functional groups attached to an aromatic ring is 1. The summed E-state index contributed by atoms with van der Waals surface area (Å²) in [6.45, 7) is 0.533. The van der Waals surface area contributed by atoms with Crippen LogP contribution >= 0.6 is 0 Å². The first-order valence-corrected chi connectivity index (χ1v) is 8.11. The van der Waals surface area contributed by atoms with Gasteiger partial charge < -0.3 is 16.8 Å². The molecule has 0 saturated heterocycles. The third-order valence-electron chi connectivity index (χ3n) is 4.36. The lowest BCUT2D eigenvalue weighted by Gasteiger charge is -2.32. The third-order valence-corrected chi connectivity index (χ3v) is 4.36. The molecule has 0 spiro atoms. The van der Waals surface area contributed by atoms with Crippen LogP contribution in [0.1, 0.15) is 35.6 Å². The molecule has 0 unspecified atom stereocenters. The Kier molecular flexibility index (Phi) is 4.80. The molecule has 0 atom stereocenters. The second-order valence-corrected chi connectivity index (χ2v) is 6.34. The van der Waals surface area contributed by atoms with Crippen molar-refractivity contribution in [2.24, 2.45) is 5.73 Å². The van der Waals surface area contributed by atoms with E-state index in [0.29, 0.717) is 24.7 Å². The van der Waals surface area contributed by atoms with Gasteiger partial charge in [0.05, 0.1) is 11.3 Å². The van der Waals surface area contributed by atoms with Crippen LogP contribution in [0.15, 0.2) is 30.3 Å². The van der Waals surface area contributed by atoms with Gasteiger partial charge in [-0.25, -0.2) is 4.98 Å². The minimum absolute atomic E-state index is 0.204. The minimum atomic E-state index is -4.31. The second-order valence-electron chi connectivity index (χ2n) is 6.34. The zero-order chi connectivity index (χ0) is 18.0. The average Bonchev–Trinajstić information content (AvgIpc) is 2.51. The number of halogens is 3. The summed E-state index contributed by atoms with van der Waals surface area (Å²) in [6.07, 6.45) is -1.95. The van der Waals surface area contributed by atoms with Crippen LogP contribution in [0.25, 0.3) is 0 Å². The maximum Gasteiger partial charge on any atom is 0.416 e. The number of aromatic nitrogens is 2. The molecule has 2 aromatic rings. The monoisotopic (exact) mass is 351 g/mol. The molecule has 1 aliphatic rings. The maximum absolute atomic E-state index is 12.5. The van der Waals surface area contributed by atoms with Crippen molar-refractivity contribution in [3.8, 4) is 0 Å². The average molecular weight is 351 g/mol. The first-order valence-electron chi connectivity index (χ1n) is 8.11. The Bertz CT molecular complexity index is 724. The van der Waals surface area contributed by atoms with E-state index in [0.717, 1.165) is 36.2 Å². The normalized spacial score (nSPS) is 20.2. The Hall–Kier alpha value is -2.35. The van der Waals surface area contributed by atoms with Gasteiger partial charge in [-0.2, -0.15) is 18.2 Å². The standard InChI is InChI=1S/C17H20F3N5/c18-17(19,20)12-3-1-10(2-4-12)5-6-23-15-9-14(24-16(22)25-15)11-7-13(21)8-11/h1-4,9,11,13H,5-8,21H2,(H3,22,23,24,25). The predicted molar refractivity (Wildman–Crippen MR) is 90.0 cm³/mol. The van der Waals surface area contributed by atoms with Crippen molar-refractivity contribution >= 4 is 11.8 Å². The zero-order valence-electron chi connectivity index (χ0n) is 13.6. The Morgan fingerprint density at radius 2 is 1.80 bits per heavy atom. The van der Waals surface area contributed by atoms with Crippen LogP contribution in [0.2, 0.25) is 0 Å². The number of alkyl halides is 3. The lowest BCUT2D eigenvalue weighted by molar-refractivity contribution is -0.137. The smallest absolute Gasteiger partial charge is 0.370 e. The van der Waals surface area contributed by atoms with Crippen molar-refractivity contribution < 1.29 is 13.2 Å². The number of hydrogen-bond acceptors (Lipinski definition) is 5. The van der Waals surface area contributed by atoms with Crippen LogP contribution in [-0.4, -0.2) is 22.6 Å². The molecule has 8 heteroatoms. The molecule has 1 heterocycles. The molecule has 5 nitrogen and oxygen atoms in total. The molecular formula is C17H20F3N5. The van der Waals surface area contributed by atoms with Crippen molar-refractivity contribution in [3.63, 3.8) is 0 Å².